The maximum atomic E-state index is 13.2. The number of carbonyl (C=O) groups is 1. The minimum atomic E-state index is -0.412. The highest BCUT2D eigenvalue weighted by Gasteiger charge is 2.42. The van der Waals surface area contributed by atoms with Crippen LogP contribution in [0.5, 0.6) is 5.75 Å². The van der Waals surface area contributed by atoms with E-state index in [1.54, 1.807) is 0 Å². The molecule has 2 heterocycles. The summed E-state index contributed by atoms with van der Waals surface area (Å²) in [6, 6.07) is 4.16. The maximum absolute atomic E-state index is 13.2. The summed E-state index contributed by atoms with van der Waals surface area (Å²) in [5, 5.41) is 0. The number of hydrogen-bond acceptors (Lipinski definition) is 3. The zero-order valence-corrected chi connectivity index (χ0v) is 10.4. The third-order valence-electron chi connectivity index (χ3n) is 3.95. The Labute approximate surface area is 106 Å². The Balaban J connectivity index is 1.93. The van der Waals surface area contributed by atoms with Crippen LogP contribution in [0.15, 0.2) is 18.2 Å². The molecule has 0 unspecified atom stereocenters. The molecule has 96 valence electrons. The van der Waals surface area contributed by atoms with Crippen LogP contribution in [0, 0.1) is 5.82 Å². The average Bonchev–Trinajstić information content (AvgIpc) is 2.33. The lowest BCUT2D eigenvalue weighted by Crippen LogP contribution is -2.50. The van der Waals surface area contributed by atoms with Gasteiger partial charge >= 0.3 is 0 Å². The maximum Gasteiger partial charge on any atom is 0.170 e. The summed E-state index contributed by atoms with van der Waals surface area (Å²) in [4.78, 5) is 14.4. The minimum absolute atomic E-state index is 0.0702. The number of ketones is 1. The van der Waals surface area contributed by atoms with Gasteiger partial charge in [0.1, 0.15) is 17.2 Å². The summed E-state index contributed by atoms with van der Waals surface area (Å²) in [7, 11) is 2.06. The summed E-state index contributed by atoms with van der Waals surface area (Å²) in [5.41, 5.74) is 0.102. The Morgan fingerprint density at radius 3 is 2.78 bits per heavy atom. The topological polar surface area (TPSA) is 29.5 Å². The van der Waals surface area contributed by atoms with E-state index in [0.29, 0.717) is 17.7 Å². The van der Waals surface area contributed by atoms with Crippen molar-refractivity contribution in [2.45, 2.75) is 24.9 Å². The fourth-order valence-electron chi connectivity index (χ4n) is 2.77. The lowest BCUT2D eigenvalue weighted by molar-refractivity contribution is -0.00387. The summed E-state index contributed by atoms with van der Waals surface area (Å²) in [6.07, 6.45) is 2.07. The van der Waals surface area contributed by atoms with Gasteiger partial charge in [0.15, 0.2) is 5.78 Å². The lowest BCUT2D eigenvalue weighted by atomic mass is 9.82. The first-order chi connectivity index (χ1) is 8.58. The molecule has 1 aromatic carbocycles. The quantitative estimate of drug-likeness (QED) is 0.706. The van der Waals surface area contributed by atoms with Crippen molar-refractivity contribution in [2.24, 2.45) is 0 Å². The van der Waals surface area contributed by atoms with Crippen molar-refractivity contribution in [1.82, 2.24) is 4.90 Å². The highest BCUT2D eigenvalue weighted by molar-refractivity contribution is 6.00. The number of piperidine rings is 1. The van der Waals surface area contributed by atoms with Gasteiger partial charge in [0.2, 0.25) is 0 Å². The van der Waals surface area contributed by atoms with Gasteiger partial charge in [-0.25, -0.2) is 4.39 Å². The van der Waals surface area contributed by atoms with Crippen molar-refractivity contribution in [2.75, 3.05) is 20.1 Å². The zero-order chi connectivity index (χ0) is 12.8. The Kier molecular flexibility index (Phi) is 2.63. The van der Waals surface area contributed by atoms with Gasteiger partial charge in [-0.1, -0.05) is 0 Å². The van der Waals surface area contributed by atoms with Gasteiger partial charge in [0.25, 0.3) is 0 Å². The van der Waals surface area contributed by atoms with Crippen LogP contribution in [-0.2, 0) is 0 Å². The fourth-order valence-corrected chi connectivity index (χ4v) is 2.77. The second kappa shape index (κ2) is 4.05. The van der Waals surface area contributed by atoms with Crippen LogP contribution in [0.2, 0.25) is 0 Å². The highest BCUT2D eigenvalue weighted by Crippen LogP contribution is 2.39. The van der Waals surface area contributed by atoms with Crippen molar-refractivity contribution >= 4 is 5.78 Å². The normalized spacial score (nSPS) is 22.7. The number of halogens is 1. The van der Waals surface area contributed by atoms with Crippen LogP contribution in [0.4, 0.5) is 4.39 Å². The van der Waals surface area contributed by atoms with Crippen LogP contribution >= 0.6 is 0 Å². The first-order valence-corrected chi connectivity index (χ1v) is 6.28. The molecule has 3 rings (SSSR count). The smallest absolute Gasteiger partial charge is 0.170 e. The molecule has 1 saturated heterocycles. The van der Waals surface area contributed by atoms with Gasteiger partial charge in [0, 0.05) is 32.0 Å². The Morgan fingerprint density at radius 1 is 1.33 bits per heavy atom. The number of hydrogen-bond donors (Lipinski definition) is 0. The predicted octanol–water partition coefficient (Wildman–Crippen LogP) is 2.26. The molecule has 0 saturated carbocycles. The highest BCUT2D eigenvalue weighted by atomic mass is 19.1. The van der Waals surface area contributed by atoms with E-state index in [1.165, 1.54) is 18.2 Å². The molecule has 4 heteroatoms. The van der Waals surface area contributed by atoms with Gasteiger partial charge in [-0.3, -0.25) is 4.79 Å². The second-order valence-corrected chi connectivity index (χ2v) is 5.33. The molecule has 2 aliphatic rings. The third kappa shape index (κ3) is 1.90. The molecule has 1 spiro atoms. The molecule has 2 aliphatic heterocycles. The largest absolute Gasteiger partial charge is 0.486 e. The molecule has 0 radical (unpaired) electrons. The fraction of sp³-hybridized carbons (Fsp3) is 0.500. The van der Waals surface area contributed by atoms with Crippen molar-refractivity contribution in [1.29, 1.82) is 0 Å². The van der Waals surface area contributed by atoms with Gasteiger partial charge in [-0.15, -0.1) is 0 Å². The van der Waals surface area contributed by atoms with Crippen LogP contribution in [0.1, 0.15) is 29.6 Å². The van der Waals surface area contributed by atoms with E-state index in [-0.39, 0.29) is 11.6 Å². The molecule has 0 bridgehead atoms. The van der Waals surface area contributed by atoms with E-state index in [9.17, 15) is 9.18 Å². The first-order valence-electron chi connectivity index (χ1n) is 6.28. The number of Topliss-reactive ketones (excluding diaryl/α,β-unsaturated/α-hetero) is 1. The molecule has 0 atom stereocenters. The molecule has 0 N–H and O–H groups in total. The molecule has 1 fully saturated rings. The SMILES string of the molecule is CN1CCC2(CC1)CC(=O)c1ccc(F)cc1O2. The van der Waals surface area contributed by atoms with Crippen molar-refractivity contribution in [3.63, 3.8) is 0 Å². The van der Waals surface area contributed by atoms with Gasteiger partial charge in [-0.05, 0) is 19.2 Å². The van der Waals surface area contributed by atoms with E-state index in [2.05, 4.69) is 11.9 Å². The number of fused-ring (bicyclic) bond motifs is 1. The molecule has 18 heavy (non-hydrogen) atoms. The van der Waals surface area contributed by atoms with E-state index >= 15 is 0 Å². The molecule has 0 aromatic heterocycles. The molecule has 0 aliphatic carbocycles. The third-order valence-corrected chi connectivity index (χ3v) is 3.95. The summed E-state index contributed by atoms with van der Waals surface area (Å²) < 4.78 is 19.2. The standard InChI is InChI=1S/C14H16FNO2/c1-16-6-4-14(5-7-16)9-12(17)11-3-2-10(15)8-13(11)18-14/h2-3,8H,4-7,9H2,1H3. The number of ether oxygens (including phenoxy) is 1. The predicted molar refractivity (Wildman–Crippen MR) is 65.4 cm³/mol. The second-order valence-electron chi connectivity index (χ2n) is 5.33. The first kappa shape index (κ1) is 11.7. The Bertz CT molecular complexity index is 493. The van der Waals surface area contributed by atoms with Crippen LogP contribution < -0.4 is 4.74 Å². The van der Waals surface area contributed by atoms with E-state index in [0.717, 1.165) is 25.9 Å². The summed E-state index contributed by atoms with van der Waals surface area (Å²) in [5.74, 6) is 0.128. The molecule has 3 nitrogen and oxygen atoms in total. The average molecular weight is 249 g/mol. The van der Waals surface area contributed by atoms with E-state index < -0.39 is 5.60 Å². The molecule has 0 amide bonds. The zero-order valence-electron chi connectivity index (χ0n) is 10.4. The Morgan fingerprint density at radius 2 is 2.06 bits per heavy atom. The Hall–Kier alpha value is -1.42. The van der Waals surface area contributed by atoms with E-state index in [4.69, 9.17) is 4.74 Å². The number of likely N-dealkylation sites (tertiary alicyclic amines) is 1. The number of carbonyl (C=O) groups excluding carboxylic acids is 1. The van der Waals surface area contributed by atoms with Crippen LogP contribution in [-0.4, -0.2) is 36.4 Å². The van der Waals surface area contributed by atoms with Gasteiger partial charge in [0.05, 0.1) is 12.0 Å². The summed E-state index contributed by atoms with van der Waals surface area (Å²) in [6.45, 7) is 1.83. The van der Waals surface area contributed by atoms with Crippen molar-refractivity contribution < 1.29 is 13.9 Å². The van der Waals surface area contributed by atoms with Crippen LogP contribution in [0.25, 0.3) is 0 Å². The van der Waals surface area contributed by atoms with Gasteiger partial charge in [-0.2, -0.15) is 0 Å². The van der Waals surface area contributed by atoms with E-state index in [1.807, 2.05) is 0 Å². The number of rotatable bonds is 0. The minimum Gasteiger partial charge on any atom is -0.486 e. The number of benzene rings is 1. The van der Waals surface area contributed by atoms with Crippen molar-refractivity contribution in [3.05, 3.63) is 29.6 Å². The summed E-state index contributed by atoms with van der Waals surface area (Å²) >= 11 is 0. The van der Waals surface area contributed by atoms with Gasteiger partial charge < -0.3 is 9.64 Å². The monoisotopic (exact) mass is 249 g/mol. The lowest BCUT2D eigenvalue weighted by Gasteiger charge is -2.43. The number of nitrogens with zero attached hydrogens (tertiary/aromatic N) is 1. The molecular weight excluding hydrogens is 233 g/mol. The molecule has 1 aromatic rings. The van der Waals surface area contributed by atoms with Crippen LogP contribution in [0.3, 0.4) is 0 Å². The molecular formula is C14H16FNO2. The van der Waals surface area contributed by atoms with Crippen molar-refractivity contribution in [3.8, 4) is 5.75 Å².